The summed E-state index contributed by atoms with van der Waals surface area (Å²) in [6.07, 6.45) is 2.26. The summed E-state index contributed by atoms with van der Waals surface area (Å²) in [6.45, 7) is 0. The minimum atomic E-state index is -3.47. The van der Waals surface area contributed by atoms with Gasteiger partial charge in [-0.2, -0.15) is 0 Å². The van der Waals surface area contributed by atoms with Gasteiger partial charge in [0.15, 0.2) is 14.9 Å². The van der Waals surface area contributed by atoms with E-state index in [1.807, 2.05) is 0 Å². The van der Waals surface area contributed by atoms with Gasteiger partial charge in [0.05, 0.1) is 11.2 Å². The van der Waals surface area contributed by atoms with Gasteiger partial charge < -0.3 is 10.3 Å². The number of sulfone groups is 1. The molecule has 3 aromatic rings. The molecule has 1 unspecified atom stereocenters. The molecule has 0 spiro atoms. The molecule has 26 heavy (non-hydrogen) atoms. The van der Waals surface area contributed by atoms with Gasteiger partial charge in [-0.05, 0) is 42.0 Å². The van der Waals surface area contributed by atoms with Crippen LogP contribution in [0, 0.1) is 11.6 Å². The van der Waals surface area contributed by atoms with Crippen LogP contribution in [0.3, 0.4) is 0 Å². The highest BCUT2D eigenvalue weighted by molar-refractivity contribution is 7.90. The lowest BCUT2D eigenvalue weighted by Crippen LogP contribution is -2.14. The number of hydrogen-bond donors (Lipinski definition) is 2. The van der Waals surface area contributed by atoms with Crippen molar-refractivity contribution in [1.29, 1.82) is 0 Å². The number of aromatic nitrogens is 2. The molecule has 1 aromatic heterocycles. The van der Waals surface area contributed by atoms with E-state index in [9.17, 15) is 17.2 Å². The third kappa shape index (κ3) is 4.03. The van der Waals surface area contributed by atoms with Crippen molar-refractivity contribution in [1.82, 2.24) is 9.97 Å². The Balaban J connectivity index is 2.04. The van der Waals surface area contributed by atoms with E-state index in [4.69, 9.17) is 11.6 Å². The van der Waals surface area contributed by atoms with Crippen LogP contribution in [0.1, 0.15) is 17.4 Å². The Bertz CT molecular complexity index is 1040. The molecule has 3 rings (SSSR count). The van der Waals surface area contributed by atoms with Gasteiger partial charge in [-0.25, -0.2) is 22.2 Å². The quantitative estimate of drug-likeness (QED) is 0.683. The van der Waals surface area contributed by atoms with E-state index in [0.717, 1.165) is 6.26 Å². The average molecular weight is 398 g/mol. The van der Waals surface area contributed by atoms with Gasteiger partial charge >= 0.3 is 0 Å². The van der Waals surface area contributed by atoms with Crippen LogP contribution in [0.25, 0.3) is 0 Å². The SMILES string of the molecule is CS(=O)(=O)c1cnc(C(Nc2ccc(F)cc2)c2ccc(F)c(Cl)c2)[nH]1. The van der Waals surface area contributed by atoms with E-state index in [1.54, 1.807) is 0 Å². The Morgan fingerprint density at radius 2 is 1.85 bits per heavy atom. The molecule has 0 aliphatic rings. The second-order valence-corrected chi connectivity index (χ2v) is 8.05. The van der Waals surface area contributed by atoms with E-state index in [-0.39, 0.29) is 15.9 Å². The maximum absolute atomic E-state index is 13.5. The zero-order chi connectivity index (χ0) is 18.9. The summed E-state index contributed by atoms with van der Waals surface area (Å²) in [6, 6.07) is 9.07. The molecule has 0 aliphatic heterocycles. The zero-order valence-electron chi connectivity index (χ0n) is 13.5. The molecule has 0 saturated heterocycles. The molecule has 0 aliphatic carbocycles. The Labute approximate surface area is 154 Å². The minimum absolute atomic E-state index is 0.0494. The molecule has 1 atom stereocenters. The fourth-order valence-electron chi connectivity index (χ4n) is 2.37. The summed E-state index contributed by atoms with van der Waals surface area (Å²) in [4.78, 5) is 6.86. The maximum atomic E-state index is 13.5. The molecular formula is C17H14ClF2N3O2S. The van der Waals surface area contributed by atoms with Crippen LogP contribution in [-0.2, 0) is 9.84 Å². The van der Waals surface area contributed by atoms with Crippen molar-refractivity contribution < 1.29 is 17.2 Å². The van der Waals surface area contributed by atoms with E-state index >= 15 is 0 Å². The van der Waals surface area contributed by atoms with E-state index in [2.05, 4.69) is 15.3 Å². The molecule has 2 aromatic carbocycles. The van der Waals surface area contributed by atoms with Gasteiger partial charge in [0.2, 0.25) is 0 Å². The molecular weight excluding hydrogens is 384 g/mol. The van der Waals surface area contributed by atoms with E-state index in [1.165, 1.54) is 48.7 Å². The van der Waals surface area contributed by atoms with Crippen LogP contribution < -0.4 is 5.32 Å². The summed E-state index contributed by atoms with van der Waals surface area (Å²) in [5.41, 5.74) is 1.12. The summed E-state index contributed by atoms with van der Waals surface area (Å²) in [7, 11) is -3.47. The number of anilines is 1. The number of halogens is 3. The van der Waals surface area contributed by atoms with Gasteiger partial charge in [-0.15, -0.1) is 0 Å². The number of nitrogens with zero attached hydrogens (tertiary/aromatic N) is 1. The van der Waals surface area contributed by atoms with Crippen LogP contribution in [0.4, 0.5) is 14.5 Å². The highest BCUT2D eigenvalue weighted by atomic mass is 35.5. The first-order valence-electron chi connectivity index (χ1n) is 7.46. The highest BCUT2D eigenvalue weighted by Crippen LogP contribution is 2.28. The molecule has 0 fully saturated rings. The van der Waals surface area contributed by atoms with Crippen molar-refractivity contribution in [2.24, 2.45) is 0 Å². The number of aromatic amines is 1. The Kier molecular flexibility index (Phi) is 4.97. The second-order valence-electron chi connectivity index (χ2n) is 5.66. The van der Waals surface area contributed by atoms with Crippen molar-refractivity contribution in [3.8, 4) is 0 Å². The van der Waals surface area contributed by atoms with Crippen molar-refractivity contribution in [3.05, 3.63) is 76.7 Å². The predicted molar refractivity (Wildman–Crippen MR) is 95.0 cm³/mol. The molecule has 5 nitrogen and oxygen atoms in total. The van der Waals surface area contributed by atoms with Crippen LogP contribution in [0.2, 0.25) is 5.02 Å². The van der Waals surface area contributed by atoms with Crippen LogP contribution >= 0.6 is 11.6 Å². The summed E-state index contributed by atoms with van der Waals surface area (Å²) >= 11 is 5.87. The normalized spacial score (nSPS) is 12.8. The lowest BCUT2D eigenvalue weighted by atomic mass is 10.1. The Morgan fingerprint density at radius 3 is 2.42 bits per heavy atom. The molecule has 1 heterocycles. The monoisotopic (exact) mass is 397 g/mol. The molecule has 0 radical (unpaired) electrons. The summed E-state index contributed by atoms with van der Waals surface area (Å²) < 4.78 is 50.0. The largest absolute Gasteiger partial charge is 0.372 e. The maximum Gasteiger partial charge on any atom is 0.192 e. The lowest BCUT2D eigenvalue weighted by Gasteiger charge is -2.19. The standard InChI is InChI=1S/C17H14ClF2N3O2S/c1-26(24,25)15-9-21-17(23-15)16(10-2-7-14(20)13(18)8-10)22-12-5-3-11(19)4-6-12/h2-9,16,22H,1H3,(H,21,23). The topological polar surface area (TPSA) is 74.8 Å². The third-order valence-corrected chi connectivity index (χ3v) is 4.97. The zero-order valence-corrected chi connectivity index (χ0v) is 15.1. The first-order valence-corrected chi connectivity index (χ1v) is 9.73. The first-order chi connectivity index (χ1) is 12.2. The molecule has 0 saturated carbocycles. The fourth-order valence-corrected chi connectivity index (χ4v) is 3.09. The number of nitrogens with one attached hydrogen (secondary N) is 2. The molecule has 0 amide bonds. The third-order valence-electron chi connectivity index (χ3n) is 3.68. The van der Waals surface area contributed by atoms with Gasteiger partial charge in [0.25, 0.3) is 0 Å². The average Bonchev–Trinajstić information content (AvgIpc) is 3.07. The number of hydrogen-bond acceptors (Lipinski definition) is 4. The van der Waals surface area contributed by atoms with Crippen molar-refractivity contribution >= 4 is 27.1 Å². The summed E-state index contributed by atoms with van der Waals surface area (Å²) in [5, 5.41) is 2.98. The number of H-pyrrole nitrogens is 1. The Morgan fingerprint density at radius 1 is 1.15 bits per heavy atom. The van der Waals surface area contributed by atoms with Crippen LogP contribution in [0.15, 0.2) is 53.7 Å². The number of rotatable bonds is 5. The van der Waals surface area contributed by atoms with Gasteiger partial charge in [-0.3, -0.25) is 0 Å². The van der Waals surface area contributed by atoms with Gasteiger partial charge in [0, 0.05) is 11.9 Å². The number of benzene rings is 2. The lowest BCUT2D eigenvalue weighted by molar-refractivity contribution is 0.598. The predicted octanol–water partition coefficient (Wildman–Crippen LogP) is 3.95. The smallest absolute Gasteiger partial charge is 0.192 e. The van der Waals surface area contributed by atoms with Crippen LogP contribution in [-0.4, -0.2) is 24.6 Å². The first kappa shape index (κ1) is 18.3. The molecule has 136 valence electrons. The highest BCUT2D eigenvalue weighted by Gasteiger charge is 2.21. The van der Waals surface area contributed by atoms with Gasteiger partial charge in [-0.1, -0.05) is 17.7 Å². The molecule has 0 bridgehead atoms. The van der Waals surface area contributed by atoms with Crippen molar-refractivity contribution in [2.75, 3.05) is 11.6 Å². The molecule has 2 N–H and O–H groups in total. The summed E-state index contributed by atoms with van der Waals surface area (Å²) in [5.74, 6) is -0.682. The molecule has 9 heteroatoms. The van der Waals surface area contributed by atoms with E-state index < -0.39 is 27.5 Å². The van der Waals surface area contributed by atoms with Crippen molar-refractivity contribution in [2.45, 2.75) is 11.1 Å². The Hall–Kier alpha value is -2.45. The van der Waals surface area contributed by atoms with Crippen molar-refractivity contribution in [3.63, 3.8) is 0 Å². The van der Waals surface area contributed by atoms with Crippen LogP contribution in [0.5, 0.6) is 0 Å². The number of imidazole rings is 1. The van der Waals surface area contributed by atoms with E-state index in [0.29, 0.717) is 11.3 Å². The fraction of sp³-hybridized carbons (Fsp3) is 0.118. The second kappa shape index (κ2) is 7.05. The minimum Gasteiger partial charge on any atom is -0.372 e. The van der Waals surface area contributed by atoms with Gasteiger partial charge in [0.1, 0.15) is 23.5 Å².